The van der Waals surface area contributed by atoms with Crippen LogP contribution in [0.4, 0.5) is 11.5 Å². The third-order valence-electron chi connectivity index (χ3n) is 5.72. The van der Waals surface area contributed by atoms with Crippen molar-refractivity contribution in [3.8, 4) is 0 Å². The smallest absolute Gasteiger partial charge is 0.244 e. The second-order valence-corrected chi connectivity index (χ2v) is 8.07. The Balaban J connectivity index is 0.00000153. The maximum Gasteiger partial charge on any atom is 0.244 e. The number of halogens is 3. The highest BCUT2D eigenvalue weighted by atomic mass is 35.5. The number of nitrogens with zero attached hydrogens (tertiary/aromatic N) is 4. The summed E-state index contributed by atoms with van der Waals surface area (Å²) in [4.78, 5) is 28.8. The molecule has 0 spiro atoms. The topological polar surface area (TPSA) is 59.0 Å². The monoisotopic (exact) mass is 498 g/mol. The highest BCUT2D eigenvalue weighted by Gasteiger charge is 2.52. The van der Waals surface area contributed by atoms with Gasteiger partial charge in [-0.3, -0.25) is 19.7 Å². The minimum Gasteiger partial charge on any atom is -0.273 e. The van der Waals surface area contributed by atoms with E-state index in [9.17, 15) is 4.79 Å². The Kier molecular flexibility index (Phi) is 7.69. The molecule has 0 aliphatic carbocycles. The lowest BCUT2D eigenvalue weighted by Gasteiger charge is -2.29. The Hall–Kier alpha value is -2.99. The Morgan fingerprint density at radius 3 is 1.85 bits per heavy atom. The molecule has 4 aromatic rings. The van der Waals surface area contributed by atoms with Crippen LogP contribution in [0.3, 0.4) is 0 Å². The van der Waals surface area contributed by atoms with Crippen LogP contribution in [-0.4, -0.2) is 20.9 Å². The average Bonchev–Trinajstić information content (AvgIpc) is 3.04. The van der Waals surface area contributed by atoms with E-state index in [0.717, 1.165) is 22.4 Å². The molecule has 168 valence electrons. The van der Waals surface area contributed by atoms with Gasteiger partial charge in [0.15, 0.2) is 0 Å². The molecule has 1 aliphatic heterocycles. The SMILES string of the molecule is Cl.Cl.O=C1N(c2ccc(Cl)cc2)c2ncccc2C1(Cc1ccncc1)Cc1ccncc1. The number of amides is 1. The lowest BCUT2D eigenvalue weighted by Crippen LogP contribution is -2.42. The number of hydrogen-bond acceptors (Lipinski definition) is 4. The molecule has 0 unspecified atom stereocenters. The molecule has 8 heteroatoms. The van der Waals surface area contributed by atoms with Crippen molar-refractivity contribution in [1.29, 1.82) is 0 Å². The maximum absolute atomic E-state index is 14.2. The van der Waals surface area contributed by atoms with Gasteiger partial charge in [-0.25, -0.2) is 4.98 Å². The van der Waals surface area contributed by atoms with Gasteiger partial charge in [-0.1, -0.05) is 17.7 Å². The summed E-state index contributed by atoms with van der Waals surface area (Å²) >= 11 is 6.09. The number of fused-ring (bicyclic) bond motifs is 1. The van der Waals surface area contributed by atoms with Gasteiger partial charge in [0.05, 0.1) is 11.1 Å². The van der Waals surface area contributed by atoms with E-state index in [1.165, 1.54) is 0 Å². The van der Waals surface area contributed by atoms with Gasteiger partial charge in [0.25, 0.3) is 0 Å². The maximum atomic E-state index is 14.2. The van der Waals surface area contributed by atoms with E-state index in [1.807, 2.05) is 48.5 Å². The predicted octanol–water partition coefficient (Wildman–Crippen LogP) is 5.77. The molecule has 0 bridgehead atoms. The summed E-state index contributed by atoms with van der Waals surface area (Å²) in [6, 6.07) is 19.0. The molecule has 0 fully saturated rings. The summed E-state index contributed by atoms with van der Waals surface area (Å²) in [5.74, 6) is 0.662. The summed E-state index contributed by atoms with van der Waals surface area (Å²) in [7, 11) is 0. The van der Waals surface area contributed by atoms with E-state index in [-0.39, 0.29) is 30.7 Å². The van der Waals surface area contributed by atoms with Gasteiger partial charge in [-0.15, -0.1) is 24.8 Å². The van der Waals surface area contributed by atoms with Crippen LogP contribution in [0.15, 0.2) is 91.6 Å². The van der Waals surface area contributed by atoms with Crippen molar-refractivity contribution in [3.05, 3.63) is 113 Å². The number of pyridine rings is 3. The van der Waals surface area contributed by atoms with Crippen molar-refractivity contribution in [3.63, 3.8) is 0 Å². The van der Waals surface area contributed by atoms with Crippen LogP contribution in [0.5, 0.6) is 0 Å². The van der Waals surface area contributed by atoms with Crippen molar-refractivity contribution < 1.29 is 4.79 Å². The average molecular weight is 500 g/mol. The molecule has 4 heterocycles. The number of anilines is 2. The first-order chi connectivity index (χ1) is 15.2. The Morgan fingerprint density at radius 1 is 0.758 bits per heavy atom. The van der Waals surface area contributed by atoms with Crippen molar-refractivity contribution in [1.82, 2.24) is 15.0 Å². The van der Waals surface area contributed by atoms with E-state index in [4.69, 9.17) is 11.6 Å². The third-order valence-corrected chi connectivity index (χ3v) is 5.97. The van der Waals surface area contributed by atoms with Crippen LogP contribution < -0.4 is 4.90 Å². The highest BCUT2D eigenvalue weighted by Crippen LogP contribution is 2.47. The molecule has 3 aromatic heterocycles. The van der Waals surface area contributed by atoms with Crippen LogP contribution in [0.1, 0.15) is 16.7 Å². The molecule has 1 aliphatic rings. The summed E-state index contributed by atoms with van der Waals surface area (Å²) < 4.78 is 0. The number of carbonyl (C=O) groups excluding carboxylic acids is 1. The summed E-state index contributed by atoms with van der Waals surface area (Å²) in [5.41, 5.74) is 2.96. The van der Waals surface area contributed by atoms with Gasteiger partial charge in [0.1, 0.15) is 5.82 Å². The quantitative estimate of drug-likeness (QED) is 0.350. The number of benzene rings is 1. The molecule has 0 saturated carbocycles. The van der Waals surface area contributed by atoms with E-state index < -0.39 is 5.41 Å². The first-order valence-corrected chi connectivity index (χ1v) is 10.4. The molecule has 0 N–H and O–H groups in total. The van der Waals surface area contributed by atoms with Crippen molar-refractivity contribution in [2.75, 3.05) is 4.90 Å². The molecule has 0 saturated heterocycles. The Morgan fingerprint density at radius 2 is 1.30 bits per heavy atom. The first-order valence-electron chi connectivity index (χ1n) is 10.0. The Bertz CT molecular complexity index is 1180. The second-order valence-electron chi connectivity index (χ2n) is 7.64. The fourth-order valence-electron chi connectivity index (χ4n) is 4.31. The molecule has 1 aromatic carbocycles. The predicted molar refractivity (Wildman–Crippen MR) is 135 cm³/mol. The van der Waals surface area contributed by atoms with Crippen molar-refractivity contribution in [2.45, 2.75) is 18.3 Å². The molecule has 5 nitrogen and oxygen atoms in total. The summed E-state index contributed by atoms with van der Waals surface area (Å²) in [6.45, 7) is 0. The fourth-order valence-corrected chi connectivity index (χ4v) is 4.43. The molecule has 0 radical (unpaired) electrons. The molecular weight excluding hydrogens is 479 g/mol. The minimum absolute atomic E-state index is 0. The van der Waals surface area contributed by atoms with E-state index in [2.05, 4.69) is 15.0 Å². The molecular formula is C25H21Cl3N4O. The normalized spacial score (nSPS) is 13.6. The van der Waals surface area contributed by atoms with Gasteiger partial charge in [0.2, 0.25) is 5.91 Å². The minimum atomic E-state index is -0.800. The van der Waals surface area contributed by atoms with Crippen LogP contribution in [0.25, 0.3) is 0 Å². The molecule has 5 rings (SSSR count). The van der Waals surface area contributed by atoms with Gasteiger partial charge in [-0.2, -0.15) is 0 Å². The van der Waals surface area contributed by atoms with E-state index >= 15 is 0 Å². The zero-order chi connectivity index (χ0) is 21.3. The lowest BCUT2D eigenvalue weighted by molar-refractivity contribution is -0.122. The lowest BCUT2D eigenvalue weighted by atomic mass is 9.72. The number of carbonyl (C=O) groups is 1. The summed E-state index contributed by atoms with van der Waals surface area (Å²) in [5, 5.41) is 0.622. The van der Waals surface area contributed by atoms with E-state index in [1.54, 1.807) is 48.0 Å². The van der Waals surface area contributed by atoms with Gasteiger partial charge < -0.3 is 0 Å². The van der Waals surface area contributed by atoms with Gasteiger partial charge >= 0.3 is 0 Å². The third kappa shape index (κ3) is 4.58. The summed E-state index contributed by atoms with van der Waals surface area (Å²) in [6.07, 6.45) is 9.85. The number of aromatic nitrogens is 3. The largest absolute Gasteiger partial charge is 0.273 e. The number of hydrogen-bond donors (Lipinski definition) is 0. The highest BCUT2D eigenvalue weighted by molar-refractivity contribution is 6.30. The zero-order valence-electron chi connectivity index (χ0n) is 17.5. The standard InChI is InChI=1S/C25H19ClN4O.2ClH/c26-20-3-5-21(6-4-20)30-23-22(2-1-11-29-23)25(24(30)31,16-18-7-12-27-13-8-18)17-19-9-14-28-15-10-19;;/h1-15H,16-17H2;2*1H. The van der Waals surface area contributed by atoms with Gasteiger partial charge in [0, 0.05) is 41.6 Å². The van der Waals surface area contributed by atoms with Crippen LogP contribution in [0.2, 0.25) is 5.02 Å². The molecule has 1 amide bonds. The second kappa shape index (κ2) is 10.3. The van der Waals surface area contributed by atoms with E-state index in [0.29, 0.717) is 23.7 Å². The first kappa shape index (κ1) is 24.6. The molecule has 0 atom stereocenters. The van der Waals surface area contributed by atoms with Crippen LogP contribution in [-0.2, 0) is 23.1 Å². The Labute approximate surface area is 209 Å². The zero-order valence-corrected chi connectivity index (χ0v) is 19.9. The van der Waals surface area contributed by atoms with Crippen LogP contribution >= 0.6 is 36.4 Å². The van der Waals surface area contributed by atoms with Crippen molar-refractivity contribution in [2.24, 2.45) is 0 Å². The van der Waals surface area contributed by atoms with Gasteiger partial charge in [-0.05, 0) is 78.6 Å². The molecule has 33 heavy (non-hydrogen) atoms. The van der Waals surface area contributed by atoms with Crippen LogP contribution in [0, 0.1) is 0 Å². The number of rotatable bonds is 5. The fraction of sp³-hybridized carbons (Fsp3) is 0.120. The van der Waals surface area contributed by atoms with Crippen molar-refractivity contribution >= 4 is 53.8 Å².